The molecule has 136 valence electrons. The number of para-hydroxylation sites is 1. The van der Waals surface area contributed by atoms with Gasteiger partial charge in [0, 0.05) is 24.6 Å². The zero-order valence-electron chi connectivity index (χ0n) is 13.1. The van der Waals surface area contributed by atoms with E-state index in [1.165, 1.54) is 30.0 Å². The van der Waals surface area contributed by atoms with Gasteiger partial charge in [0.15, 0.2) is 10.5 Å². The number of hydrogen-bond donors (Lipinski definition) is 1. The highest BCUT2D eigenvalue weighted by atomic mass is 79.9. The summed E-state index contributed by atoms with van der Waals surface area (Å²) in [5.74, 6) is 0.411. The van der Waals surface area contributed by atoms with E-state index < -0.39 is 20.6 Å². The van der Waals surface area contributed by atoms with E-state index in [1.807, 2.05) is 0 Å². The van der Waals surface area contributed by atoms with E-state index in [4.69, 9.17) is 0 Å². The van der Waals surface area contributed by atoms with E-state index in [2.05, 4.69) is 30.7 Å². The number of rotatable bonds is 7. The Morgan fingerprint density at radius 2 is 2.08 bits per heavy atom. The largest absolute Gasteiger partial charge is 0.289 e. The standard InChI is InChI=1S/C14H12BrN5O4S2/c15-10-9-16-19-7-5-13(18-14(10)19)25-8-6-17-26(23,24)12-4-2-1-3-11(12)20(21)22/h1-5,7,9,17H,6,8H2. The smallest absolute Gasteiger partial charge is 0.258 e. The molecule has 12 heteroatoms. The number of aromatic nitrogens is 3. The lowest BCUT2D eigenvalue weighted by molar-refractivity contribution is -0.387. The van der Waals surface area contributed by atoms with Crippen molar-refractivity contribution in [1.82, 2.24) is 19.3 Å². The maximum absolute atomic E-state index is 12.3. The first-order valence-electron chi connectivity index (χ1n) is 7.24. The summed E-state index contributed by atoms with van der Waals surface area (Å²) in [4.78, 5) is 14.3. The predicted molar refractivity (Wildman–Crippen MR) is 99.7 cm³/mol. The summed E-state index contributed by atoms with van der Waals surface area (Å²) in [5.41, 5.74) is 0.209. The van der Waals surface area contributed by atoms with Crippen molar-refractivity contribution in [2.75, 3.05) is 12.3 Å². The van der Waals surface area contributed by atoms with Crippen LogP contribution in [0.5, 0.6) is 0 Å². The van der Waals surface area contributed by atoms with Crippen molar-refractivity contribution in [3.8, 4) is 0 Å². The number of thioether (sulfide) groups is 1. The molecule has 2 heterocycles. The van der Waals surface area contributed by atoms with E-state index >= 15 is 0 Å². The molecule has 1 N–H and O–H groups in total. The number of hydrogen-bond acceptors (Lipinski definition) is 7. The minimum atomic E-state index is -3.97. The molecule has 3 aromatic rings. The molecule has 2 aromatic heterocycles. The Bertz CT molecular complexity index is 1070. The highest BCUT2D eigenvalue weighted by molar-refractivity contribution is 9.10. The van der Waals surface area contributed by atoms with Crippen molar-refractivity contribution in [3.63, 3.8) is 0 Å². The van der Waals surface area contributed by atoms with Gasteiger partial charge >= 0.3 is 0 Å². The van der Waals surface area contributed by atoms with Gasteiger partial charge in [0.05, 0.1) is 15.6 Å². The van der Waals surface area contributed by atoms with Crippen LogP contribution in [0.1, 0.15) is 0 Å². The molecule has 0 radical (unpaired) electrons. The molecule has 0 aliphatic carbocycles. The van der Waals surface area contributed by atoms with Gasteiger partial charge in [0.25, 0.3) is 5.69 Å². The van der Waals surface area contributed by atoms with Crippen molar-refractivity contribution in [2.45, 2.75) is 9.92 Å². The van der Waals surface area contributed by atoms with Crippen LogP contribution in [0.2, 0.25) is 0 Å². The first kappa shape index (κ1) is 18.8. The Morgan fingerprint density at radius 3 is 2.85 bits per heavy atom. The molecule has 0 aliphatic rings. The van der Waals surface area contributed by atoms with Crippen molar-refractivity contribution in [1.29, 1.82) is 0 Å². The van der Waals surface area contributed by atoms with Gasteiger partial charge in [-0.15, -0.1) is 11.8 Å². The summed E-state index contributed by atoms with van der Waals surface area (Å²) >= 11 is 4.71. The highest BCUT2D eigenvalue weighted by Crippen LogP contribution is 2.23. The van der Waals surface area contributed by atoms with E-state index in [1.54, 1.807) is 23.0 Å². The number of nitrogens with zero attached hydrogens (tertiary/aromatic N) is 4. The van der Waals surface area contributed by atoms with Crippen LogP contribution < -0.4 is 4.72 Å². The second-order valence-electron chi connectivity index (χ2n) is 5.00. The summed E-state index contributed by atoms with van der Waals surface area (Å²) < 4.78 is 29.3. The third-order valence-corrected chi connectivity index (χ3v) is 6.30. The van der Waals surface area contributed by atoms with Gasteiger partial charge < -0.3 is 0 Å². The molecule has 9 nitrogen and oxygen atoms in total. The average Bonchev–Trinajstić information content (AvgIpc) is 2.99. The normalized spacial score (nSPS) is 11.7. The van der Waals surface area contributed by atoms with E-state index in [-0.39, 0.29) is 11.4 Å². The van der Waals surface area contributed by atoms with Gasteiger partial charge in [0.2, 0.25) is 10.0 Å². The molecule has 0 amide bonds. The summed E-state index contributed by atoms with van der Waals surface area (Å²) in [5, 5.41) is 15.8. The maximum Gasteiger partial charge on any atom is 0.289 e. The Morgan fingerprint density at radius 1 is 1.31 bits per heavy atom. The Labute approximate surface area is 161 Å². The fourth-order valence-corrected chi connectivity index (χ4v) is 4.56. The van der Waals surface area contributed by atoms with Crippen LogP contribution in [-0.4, -0.2) is 40.2 Å². The molecule has 0 unspecified atom stereocenters. The predicted octanol–water partition coefficient (Wildman–Crippen LogP) is 2.47. The summed E-state index contributed by atoms with van der Waals surface area (Å²) in [7, 11) is -3.97. The molecule has 0 aliphatic heterocycles. The van der Waals surface area contributed by atoms with E-state index in [0.717, 1.165) is 10.5 Å². The van der Waals surface area contributed by atoms with Crippen LogP contribution in [0.3, 0.4) is 0 Å². The fraction of sp³-hybridized carbons (Fsp3) is 0.143. The van der Waals surface area contributed by atoms with E-state index in [0.29, 0.717) is 16.4 Å². The number of benzene rings is 1. The molecule has 0 saturated heterocycles. The number of nitro groups is 1. The first-order chi connectivity index (χ1) is 12.4. The SMILES string of the molecule is O=[N+]([O-])c1ccccc1S(=O)(=O)NCCSc1ccn2ncc(Br)c2n1. The van der Waals surface area contributed by atoms with Gasteiger partial charge in [0.1, 0.15) is 5.03 Å². The molecule has 26 heavy (non-hydrogen) atoms. The van der Waals surface area contributed by atoms with Crippen LogP contribution in [0.4, 0.5) is 5.69 Å². The first-order valence-corrected chi connectivity index (χ1v) is 10.5. The number of nitro benzene ring substituents is 1. The fourth-order valence-electron chi connectivity index (χ4n) is 2.15. The molecule has 0 spiro atoms. The summed E-state index contributed by atoms with van der Waals surface area (Å²) in [6, 6.07) is 7.00. The van der Waals surface area contributed by atoms with Crippen LogP contribution in [-0.2, 0) is 10.0 Å². The van der Waals surface area contributed by atoms with Gasteiger partial charge in [-0.3, -0.25) is 10.1 Å². The molecular weight excluding hydrogens is 446 g/mol. The van der Waals surface area contributed by atoms with Crippen LogP contribution >= 0.6 is 27.7 Å². The van der Waals surface area contributed by atoms with Crippen molar-refractivity contribution in [3.05, 3.63) is 57.3 Å². The Hall–Kier alpha value is -2.02. The van der Waals surface area contributed by atoms with Crippen LogP contribution in [0, 0.1) is 10.1 Å². The lowest BCUT2D eigenvalue weighted by atomic mass is 10.3. The molecule has 3 rings (SSSR count). The van der Waals surface area contributed by atoms with E-state index in [9.17, 15) is 18.5 Å². The molecule has 1 aromatic carbocycles. The molecular formula is C14H12BrN5O4S2. The monoisotopic (exact) mass is 457 g/mol. The minimum absolute atomic E-state index is 0.104. The molecule has 0 bridgehead atoms. The number of halogens is 1. The van der Waals surface area contributed by atoms with Gasteiger partial charge in [-0.05, 0) is 28.1 Å². The van der Waals surface area contributed by atoms with Gasteiger partial charge in [-0.2, -0.15) is 5.10 Å². The zero-order chi connectivity index (χ0) is 18.7. The van der Waals surface area contributed by atoms with Crippen molar-refractivity contribution in [2.24, 2.45) is 0 Å². The quantitative estimate of drug-likeness (QED) is 0.190. The molecule has 0 fully saturated rings. The summed E-state index contributed by atoms with van der Waals surface area (Å²) in [6.07, 6.45) is 3.39. The number of fused-ring (bicyclic) bond motifs is 1. The van der Waals surface area contributed by atoms with Crippen molar-refractivity contribution < 1.29 is 13.3 Å². The molecule has 0 atom stereocenters. The third kappa shape index (κ3) is 4.03. The summed E-state index contributed by atoms with van der Waals surface area (Å²) in [6.45, 7) is 0.104. The van der Waals surface area contributed by atoms with Gasteiger partial charge in [-0.25, -0.2) is 22.6 Å². The molecule has 0 saturated carbocycles. The number of nitrogens with one attached hydrogen (secondary N) is 1. The topological polar surface area (TPSA) is 120 Å². The third-order valence-electron chi connectivity index (χ3n) is 3.30. The average molecular weight is 458 g/mol. The lowest BCUT2D eigenvalue weighted by Crippen LogP contribution is -2.26. The number of sulfonamides is 1. The van der Waals surface area contributed by atoms with Crippen LogP contribution in [0.15, 0.2) is 57.1 Å². The van der Waals surface area contributed by atoms with Gasteiger partial charge in [-0.1, -0.05) is 12.1 Å². The maximum atomic E-state index is 12.3. The second-order valence-corrected chi connectivity index (χ2v) is 8.70. The highest BCUT2D eigenvalue weighted by Gasteiger charge is 2.24. The second kappa shape index (κ2) is 7.70. The Kier molecular flexibility index (Phi) is 5.55. The lowest BCUT2D eigenvalue weighted by Gasteiger charge is -2.07. The minimum Gasteiger partial charge on any atom is -0.258 e. The van der Waals surface area contributed by atoms with Crippen LogP contribution in [0.25, 0.3) is 5.65 Å². The zero-order valence-corrected chi connectivity index (χ0v) is 16.3. The Balaban J connectivity index is 1.63. The van der Waals surface area contributed by atoms with Crippen molar-refractivity contribution >= 4 is 49.0 Å².